The third-order valence-electron chi connectivity index (χ3n) is 4.60. The van der Waals surface area contributed by atoms with Crippen LogP contribution < -0.4 is 24.8 Å². The third-order valence-corrected chi connectivity index (χ3v) is 4.60. The average Bonchev–Trinajstić information content (AvgIpc) is 2.83. The van der Waals surface area contributed by atoms with Gasteiger partial charge in [-0.3, -0.25) is 9.59 Å². The first-order chi connectivity index (χ1) is 18.9. The highest BCUT2D eigenvalue weighted by Gasteiger charge is 2.38. The molecule has 0 atom stereocenters. The monoisotopic (exact) mass is 550 g/mol. The Morgan fingerprint density at radius 2 is 1.66 bits per heavy atom. The number of halogens is 7. The third kappa shape index (κ3) is 6.60. The lowest BCUT2D eigenvalue weighted by Gasteiger charge is -2.18. The summed E-state index contributed by atoms with van der Waals surface area (Å²) in [5, 5.41) is 4.38. The fourth-order valence-corrected chi connectivity index (χ4v) is 2.97. The van der Waals surface area contributed by atoms with Crippen molar-refractivity contribution >= 4 is 17.5 Å². The number of nitrogens with zero attached hydrogens (tertiary/aromatic N) is 1. The maximum absolute atomic E-state index is 15.1. The van der Waals surface area contributed by atoms with Gasteiger partial charge in [-0.1, -0.05) is 0 Å². The predicted molar refractivity (Wildman–Crippen MR) is 117 cm³/mol. The molecule has 0 aliphatic carbocycles. The van der Waals surface area contributed by atoms with Crippen LogP contribution in [-0.2, 0) is 6.18 Å². The molecular formula is C23H16F7N3O5. The van der Waals surface area contributed by atoms with Crippen molar-refractivity contribution in [2.45, 2.75) is 12.5 Å². The number of nitrogens with one attached hydrogen (secondary N) is 2. The van der Waals surface area contributed by atoms with Crippen LogP contribution in [0.4, 0.5) is 36.4 Å². The number of amides is 2. The second-order valence-electron chi connectivity index (χ2n) is 7.12. The lowest BCUT2D eigenvalue weighted by atomic mass is 10.1. The summed E-state index contributed by atoms with van der Waals surface area (Å²) in [7, 11) is -1.93. The number of hydrogen-bond donors (Lipinski definition) is 2. The van der Waals surface area contributed by atoms with E-state index in [9.17, 15) is 35.9 Å². The maximum Gasteiger partial charge on any atom is 0.573 e. The molecule has 2 amide bonds. The van der Waals surface area contributed by atoms with Crippen molar-refractivity contribution in [3.8, 4) is 23.0 Å². The number of benzene rings is 2. The molecule has 0 fully saturated rings. The number of ether oxygens (including phenoxy) is 3. The molecule has 0 radical (unpaired) electrons. The zero-order valence-electron chi connectivity index (χ0n) is 21.8. The van der Waals surface area contributed by atoms with Gasteiger partial charge in [-0.2, -0.15) is 13.2 Å². The van der Waals surface area contributed by atoms with Gasteiger partial charge in [0, 0.05) is 13.1 Å². The highest BCUT2D eigenvalue weighted by atomic mass is 19.4. The van der Waals surface area contributed by atoms with E-state index in [1.807, 2.05) is 0 Å². The molecule has 3 aromatic rings. The molecule has 0 aliphatic rings. The zero-order valence-corrected chi connectivity index (χ0v) is 18.8. The Balaban J connectivity index is 2.07. The summed E-state index contributed by atoms with van der Waals surface area (Å²) >= 11 is 0. The van der Waals surface area contributed by atoms with Gasteiger partial charge < -0.3 is 24.8 Å². The van der Waals surface area contributed by atoms with E-state index in [1.54, 1.807) is 0 Å². The summed E-state index contributed by atoms with van der Waals surface area (Å²) in [6.45, 7) is 0. The van der Waals surface area contributed by atoms with E-state index in [1.165, 1.54) is 7.05 Å². The Morgan fingerprint density at radius 1 is 0.947 bits per heavy atom. The normalized spacial score (nSPS) is 13.0. The first kappa shape index (κ1) is 23.8. The summed E-state index contributed by atoms with van der Waals surface area (Å²) in [6, 6.07) is 4.85. The van der Waals surface area contributed by atoms with Crippen LogP contribution in [0.1, 0.15) is 30.5 Å². The zero-order chi connectivity index (χ0) is 30.8. The molecule has 15 heteroatoms. The highest BCUT2D eigenvalue weighted by molar-refractivity contribution is 6.06. The summed E-state index contributed by atoms with van der Waals surface area (Å²) in [4.78, 5) is 28.3. The van der Waals surface area contributed by atoms with Gasteiger partial charge in [-0.05, 0) is 36.4 Å². The first-order valence-electron chi connectivity index (χ1n) is 11.5. The molecule has 0 unspecified atom stereocenters. The van der Waals surface area contributed by atoms with E-state index in [0.29, 0.717) is 24.3 Å². The Bertz CT molecular complexity index is 1450. The van der Waals surface area contributed by atoms with E-state index >= 15 is 4.39 Å². The maximum atomic E-state index is 15.1. The van der Waals surface area contributed by atoms with Crippen LogP contribution in [-0.4, -0.2) is 37.2 Å². The van der Waals surface area contributed by atoms with Crippen molar-refractivity contribution in [1.82, 2.24) is 10.3 Å². The van der Waals surface area contributed by atoms with Gasteiger partial charge in [0.15, 0.2) is 17.3 Å². The van der Waals surface area contributed by atoms with Crippen molar-refractivity contribution < 1.29 is 58.6 Å². The van der Waals surface area contributed by atoms with Gasteiger partial charge >= 0.3 is 12.5 Å². The lowest BCUT2D eigenvalue weighted by Crippen LogP contribution is -2.20. The molecule has 38 heavy (non-hydrogen) atoms. The van der Waals surface area contributed by atoms with Crippen molar-refractivity contribution in [3.63, 3.8) is 0 Å². The molecular weight excluding hydrogens is 531 g/mol. The van der Waals surface area contributed by atoms with Crippen molar-refractivity contribution in [2.24, 2.45) is 0 Å². The first-order valence-corrected chi connectivity index (χ1v) is 10.0. The van der Waals surface area contributed by atoms with Crippen molar-refractivity contribution in [3.05, 3.63) is 71.3 Å². The topological polar surface area (TPSA) is 98.8 Å². The van der Waals surface area contributed by atoms with E-state index in [2.05, 4.69) is 25.1 Å². The minimum atomic E-state index is -5.26. The molecule has 0 spiro atoms. The molecule has 1 heterocycles. The Kier molecular flexibility index (Phi) is 6.78. The second kappa shape index (κ2) is 10.8. The standard InChI is InChI=1S/C23H16F7N3O5/c1-31-20(34)14-6-3-11(10-32-14)33-21(35)18-16(8-5-13(19(18)24)22(25,26)27)37-15-7-4-12(9-17(15)36-2)38-23(28,29)30/h3-10H,1-2H3,(H,31,34)(H,33,35)/i2D3. The molecule has 3 rings (SSSR count). The molecule has 1 aromatic heterocycles. The van der Waals surface area contributed by atoms with Crippen LogP contribution in [0, 0.1) is 5.82 Å². The number of carbonyl (C=O) groups is 2. The van der Waals surface area contributed by atoms with Gasteiger partial charge in [0.25, 0.3) is 11.8 Å². The Labute approximate surface area is 213 Å². The van der Waals surface area contributed by atoms with Gasteiger partial charge in [-0.25, -0.2) is 9.37 Å². The summed E-state index contributed by atoms with van der Waals surface area (Å²) in [6.07, 6.45) is -9.49. The quantitative estimate of drug-likeness (QED) is 0.375. The molecule has 0 aliphatic heterocycles. The highest BCUT2D eigenvalue weighted by Crippen LogP contribution is 2.40. The number of carbonyl (C=O) groups excluding carboxylic acids is 2. The van der Waals surface area contributed by atoms with Crippen LogP contribution >= 0.6 is 0 Å². The van der Waals surface area contributed by atoms with Crippen LogP contribution in [0.25, 0.3) is 0 Å². The fraction of sp³-hybridized carbons (Fsp3) is 0.174. The van der Waals surface area contributed by atoms with Gasteiger partial charge in [0.1, 0.15) is 22.8 Å². The number of anilines is 1. The molecule has 8 nitrogen and oxygen atoms in total. The van der Waals surface area contributed by atoms with Crippen LogP contribution in [0.2, 0.25) is 0 Å². The summed E-state index contributed by atoms with van der Waals surface area (Å²) in [5.41, 5.74) is -3.44. The second-order valence-corrected chi connectivity index (χ2v) is 7.12. The SMILES string of the molecule is [2H]C([2H])([2H])Oc1cc(OC(F)(F)F)ccc1Oc1ccc(C(F)(F)F)c(F)c1C(=O)Nc1ccc(C(=O)NC)nc1. The number of hydrogen-bond acceptors (Lipinski definition) is 6. The average molecular weight is 550 g/mol. The van der Waals surface area contributed by atoms with Gasteiger partial charge in [-0.15, -0.1) is 13.2 Å². The molecule has 0 saturated heterocycles. The molecule has 0 bridgehead atoms. The summed E-state index contributed by atoms with van der Waals surface area (Å²) in [5.74, 6) is -7.65. The fourth-order valence-electron chi connectivity index (χ4n) is 2.97. The van der Waals surface area contributed by atoms with Crippen LogP contribution in [0.15, 0.2) is 48.7 Å². The Morgan fingerprint density at radius 3 is 2.24 bits per heavy atom. The van der Waals surface area contributed by atoms with E-state index in [4.69, 9.17) is 8.85 Å². The molecule has 2 N–H and O–H groups in total. The molecule has 2 aromatic carbocycles. The van der Waals surface area contributed by atoms with Crippen LogP contribution in [0.3, 0.4) is 0 Å². The number of alkyl halides is 6. The molecule has 202 valence electrons. The smallest absolute Gasteiger partial charge is 0.493 e. The number of aromatic nitrogens is 1. The Hall–Kier alpha value is -4.56. The number of pyridine rings is 1. The predicted octanol–water partition coefficient (Wildman–Crippen LogP) is 5.55. The minimum Gasteiger partial charge on any atom is -0.493 e. The minimum absolute atomic E-state index is 0.0838. The van der Waals surface area contributed by atoms with E-state index in [0.717, 1.165) is 18.3 Å². The number of rotatable bonds is 7. The van der Waals surface area contributed by atoms with Gasteiger partial charge in [0.2, 0.25) is 0 Å². The van der Waals surface area contributed by atoms with E-state index < -0.39 is 71.3 Å². The number of methoxy groups -OCH3 is 1. The molecule has 0 saturated carbocycles. The van der Waals surface area contributed by atoms with Crippen molar-refractivity contribution in [1.29, 1.82) is 0 Å². The van der Waals surface area contributed by atoms with Gasteiger partial charge in [0.05, 0.1) is 28.6 Å². The van der Waals surface area contributed by atoms with Crippen LogP contribution in [0.5, 0.6) is 23.0 Å². The summed E-state index contributed by atoms with van der Waals surface area (Å²) < 4.78 is 129. The lowest BCUT2D eigenvalue weighted by molar-refractivity contribution is -0.274. The largest absolute Gasteiger partial charge is 0.573 e. The van der Waals surface area contributed by atoms with E-state index in [-0.39, 0.29) is 17.4 Å². The van der Waals surface area contributed by atoms with Crippen molar-refractivity contribution in [2.75, 3.05) is 19.4 Å².